The Morgan fingerprint density at radius 1 is 1.20 bits per heavy atom. The normalized spacial score (nSPS) is 14.6. The molecule has 0 atom stereocenters. The van der Waals surface area contributed by atoms with Crippen LogP contribution < -0.4 is 10.5 Å². The van der Waals surface area contributed by atoms with Crippen molar-refractivity contribution in [3.05, 3.63) is 78.8 Å². The van der Waals surface area contributed by atoms with Crippen molar-refractivity contribution in [1.82, 2.24) is 9.88 Å². The first-order valence-electron chi connectivity index (χ1n) is 10.7. The fraction of sp³-hybridized carbons (Fsp3) is 0.346. The molecule has 1 aromatic heterocycles. The highest BCUT2D eigenvalue weighted by atomic mass is 16.5. The monoisotopic (exact) mass is 405 g/mol. The minimum Gasteiger partial charge on any atom is -0.491 e. The van der Waals surface area contributed by atoms with Gasteiger partial charge in [0.25, 0.3) is 0 Å². The maximum Gasteiger partial charge on any atom is 0.145 e. The zero-order chi connectivity index (χ0) is 22.1. The maximum atomic E-state index is 6.16. The van der Waals surface area contributed by atoms with Crippen molar-refractivity contribution < 1.29 is 4.74 Å². The molecule has 0 radical (unpaired) electrons. The summed E-state index contributed by atoms with van der Waals surface area (Å²) in [6.45, 7) is 15.9. The zero-order valence-corrected chi connectivity index (χ0v) is 19.0. The van der Waals surface area contributed by atoms with E-state index < -0.39 is 0 Å². The molecule has 1 aliphatic rings. The standard InChI is InChI=1S/C24H29N3O.C2H6/c1-5-20-10-6-7-16-27(20)18(2)21-13-12-19-9-8-11-22(23(19)26-21)28-17-24(3,4)14-15-25;1-2/h5-13,16H,2,14-15,17,25H2,1,3-4H3;1-2H3/b20-5-;. The lowest BCUT2D eigenvalue weighted by Gasteiger charge is -2.26. The molecule has 0 unspecified atom stereocenters. The van der Waals surface area contributed by atoms with Crippen molar-refractivity contribution >= 4 is 16.6 Å². The van der Waals surface area contributed by atoms with Crippen LogP contribution in [0, 0.1) is 5.41 Å². The topological polar surface area (TPSA) is 51.4 Å². The molecule has 30 heavy (non-hydrogen) atoms. The molecule has 160 valence electrons. The van der Waals surface area contributed by atoms with Crippen LogP contribution in [0.3, 0.4) is 0 Å². The van der Waals surface area contributed by atoms with Crippen LogP contribution in [0.4, 0.5) is 0 Å². The smallest absolute Gasteiger partial charge is 0.145 e. The van der Waals surface area contributed by atoms with Crippen molar-refractivity contribution in [2.45, 2.75) is 41.0 Å². The molecule has 0 spiro atoms. The number of benzene rings is 1. The van der Waals surface area contributed by atoms with E-state index in [-0.39, 0.29) is 5.41 Å². The molecule has 0 fully saturated rings. The van der Waals surface area contributed by atoms with E-state index in [1.807, 2.05) is 68.3 Å². The third kappa shape index (κ3) is 5.61. The lowest BCUT2D eigenvalue weighted by molar-refractivity contribution is 0.174. The van der Waals surface area contributed by atoms with E-state index in [1.54, 1.807) is 0 Å². The van der Waals surface area contributed by atoms with Crippen molar-refractivity contribution in [2.24, 2.45) is 11.1 Å². The lowest BCUT2D eigenvalue weighted by Crippen LogP contribution is -2.24. The minimum atomic E-state index is 0.0177. The van der Waals surface area contributed by atoms with E-state index in [4.69, 9.17) is 15.5 Å². The van der Waals surface area contributed by atoms with E-state index >= 15 is 0 Å². The maximum absolute atomic E-state index is 6.16. The number of allylic oxidation sites excluding steroid dienone is 4. The predicted molar refractivity (Wildman–Crippen MR) is 129 cm³/mol. The average Bonchev–Trinajstić information content (AvgIpc) is 2.78. The van der Waals surface area contributed by atoms with Gasteiger partial charge in [-0.3, -0.25) is 0 Å². The van der Waals surface area contributed by atoms with Crippen LogP contribution in [0.5, 0.6) is 5.75 Å². The summed E-state index contributed by atoms with van der Waals surface area (Å²) in [7, 11) is 0. The number of rotatable bonds is 7. The summed E-state index contributed by atoms with van der Waals surface area (Å²) in [5.74, 6) is 0.789. The van der Waals surface area contributed by atoms with E-state index in [1.165, 1.54) is 0 Å². The summed E-state index contributed by atoms with van der Waals surface area (Å²) in [6.07, 6.45) is 11.0. The van der Waals surface area contributed by atoms with Crippen LogP contribution in [0.2, 0.25) is 0 Å². The van der Waals surface area contributed by atoms with Crippen LogP contribution in [0.1, 0.15) is 46.7 Å². The Labute approximate surface area is 181 Å². The number of aromatic nitrogens is 1. The summed E-state index contributed by atoms with van der Waals surface area (Å²) in [5, 5.41) is 1.05. The van der Waals surface area contributed by atoms with Crippen molar-refractivity contribution in [3.63, 3.8) is 0 Å². The van der Waals surface area contributed by atoms with Gasteiger partial charge in [0.05, 0.1) is 18.0 Å². The molecular weight excluding hydrogens is 370 g/mol. The van der Waals surface area contributed by atoms with Gasteiger partial charge in [0.2, 0.25) is 0 Å². The van der Waals surface area contributed by atoms with Gasteiger partial charge in [-0.2, -0.15) is 0 Å². The lowest BCUT2D eigenvalue weighted by atomic mass is 9.91. The Bertz CT molecular complexity index is 954. The number of hydrogen-bond donors (Lipinski definition) is 1. The number of hydrogen-bond acceptors (Lipinski definition) is 4. The first kappa shape index (κ1) is 23.4. The largest absolute Gasteiger partial charge is 0.491 e. The van der Waals surface area contributed by atoms with Gasteiger partial charge < -0.3 is 15.4 Å². The van der Waals surface area contributed by atoms with Crippen molar-refractivity contribution in [3.8, 4) is 5.75 Å². The number of fused-ring (bicyclic) bond motifs is 1. The molecule has 0 saturated heterocycles. The second kappa shape index (κ2) is 10.8. The minimum absolute atomic E-state index is 0.0177. The molecule has 2 heterocycles. The fourth-order valence-corrected chi connectivity index (χ4v) is 3.19. The highest BCUT2D eigenvalue weighted by Crippen LogP contribution is 2.30. The number of pyridine rings is 1. The average molecular weight is 406 g/mol. The Morgan fingerprint density at radius 2 is 1.97 bits per heavy atom. The molecule has 4 nitrogen and oxygen atoms in total. The van der Waals surface area contributed by atoms with Crippen LogP contribution in [0.15, 0.2) is 73.1 Å². The Kier molecular flexibility index (Phi) is 8.43. The summed E-state index contributed by atoms with van der Waals surface area (Å²) in [4.78, 5) is 6.93. The first-order valence-corrected chi connectivity index (χ1v) is 10.7. The molecule has 3 rings (SSSR count). The molecule has 0 bridgehead atoms. The first-order chi connectivity index (χ1) is 14.4. The highest BCUT2D eigenvalue weighted by molar-refractivity contribution is 5.86. The van der Waals surface area contributed by atoms with Gasteiger partial charge in [0.15, 0.2) is 0 Å². The summed E-state index contributed by atoms with van der Waals surface area (Å²) in [6, 6.07) is 10.1. The Balaban J connectivity index is 0.00000155. The second-order valence-electron chi connectivity index (χ2n) is 7.75. The molecule has 1 aromatic carbocycles. The zero-order valence-electron chi connectivity index (χ0n) is 19.0. The second-order valence-corrected chi connectivity index (χ2v) is 7.75. The van der Waals surface area contributed by atoms with Gasteiger partial charge in [-0.1, -0.05) is 64.6 Å². The number of para-hydroxylation sites is 1. The van der Waals surface area contributed by atoms with Gasteiger partial charge in [0.1, 0.15) is 11.3 Å². The number of ether oxygens (including phenoxy) is 1. The molecule has 0 amide bonds. The van der Waals surface area contributed by atoms with E-state index in [0.29, 0.717) is 13.2 Å². The van der Waals surface area contributed by atoms with Gasteiger partial charge in [0, 0.05) is 22.7 Å². The van der Waals surface area contributed by atoms with E-state index in [0.717, 1.165) is 40.2 Å². The third-order valence-corrected chi connectivity index (χ3v) is 4.90. The van der Waals surface area contributed by atoms with Gasteiger partial charge in [-0.25, -0.2) is 4.98 Å². The van der Waals surface area contributed by atoms with Crippen molar-refractivity contribution in [2.75, 3.05) is 13.2 Å². The molecule has 2 aromatic rings. The van der Waals surface area contributed by atoms with Crippen LogP contribution >= 0.6 is 0 Å². The van der Waals surface area contributed by atoms with Crippen LogP contribution in [-0.4, -0.2) is 23.0 Å². The molecule has 0 aliphatic carbocycles. The number of nitrogens with two attached hydrogens (primary N) is 1. The Morgan fingerprint density at radius 3 is 2.67 bits per heavy atom. The molecule has 0 saturated carbocycles. The van der Waals surface area contributed by atoms with Crippen LogP contribution in [0.25, 0.3) is 16.6 Å². The van der Waals surface area contributed by atoms with Gasteiger partial charge in [-0.15, -0.1) is 0 Å². The molecule has 2 N–H and O–H groups in total. The molecular formula is C26H35N3O. The Hall–Kier alpha value is -2.85. The quantitative estimate of drug-likeness (QED) is 0.589. The predicted octanol–water partition coefficient (Wildman–Crippen LogP) is 6.27. The number of nitrogens with zero attached hydrogens (tertiary/aromatic N) is 2. The summed E-state index contributed by atoms with van der Waals surface area (Å²) >= 11 is 0. The van der Waals surface area contributed by atoms with E-state index in [2.05, 4.69) is 38.6 Å². The van der Waals surface area contributed by atoms with Crippen LogP contribution in [-0.2, 0) is 0 Å². The highest BCUT2D eigenvalue weighted by Gasteiger charge is 2.19. The van der Waals surface area contributed by atoms with Gasteiger partial charge in [-0.05, 0) is 44.2 Å². The summed E-state index contributed by atoms with van der Waals surface area (Å²) < 4.78 is 6.16. The molecule has 1 aliphatic heterocycles. The fourth-order valence-electron chi connectivity index (χ4n) is 3.19. The SMILES string of the molecule is C=C(c1ccc2cccc(OCC(C)(C)CCN)c2n1)N1C=CC=C/C1=C/C.CC. The van der Waals surface area contributed by atoms with Crippen molar-refractivity contribution in [1.29, 1.82) is 0 Å². The third-order valence-electron chi connectivity index (χ3n) is 4.90. The van der Waals surface area contributed by atoms with E-state index in [9.17, 15) is 0 Å². The summed E-state index contributed by atoms with van der Waals surface area (Å²) in [5.41, 5.74) is 9.31. The van der Waals surface area contributed by atoms with Gasteiger partial charge >= 0.3 is 0 Å². The molecule has 4 heteroatoms.